The maximum absolute atomic E-state index is 4.78. The van der Waals surface area contributed by atoms with E-state index in [1.165, 1.54) is 58.0 Å². The second-order valence-electron chi connectivity index (χ2n) is 8.10. The molecule has 1 aromatic rings. The predicted octanol–water partition coefficient (Wildman–Crippen LogP) is 3.09. The van der Waals surface area contributed by atoms with E-state index in [0.29, 0.717) is 6.04 Å². The third-order valence-electron chi connectivity index (χ3n) is 5.95. The van der Waals surface area contributed by atoms with Crippen LogP contribution in [0.15, 0.2) is 10.1 Å². The van der Waals surface area contributed by atoms with E-state index in [9.17, 15) is 0 Å². The van der Waals surface area contributed by atoms with Gasteiger partial charge < -0.3 is 20.1 Å². The molecule has 0 atom stereocenters. The highest BCUT2D eigenvalue weighted by molar-refractivity contribution is 7.98. The molecule has 0 unspecified atom stereocenters. The van der Waals surface area contributed by atoms with Crippen molar-refractivity contribution in [3.05, 3.63) is 5.82 Å². The quantitative estimate of drug-likeness (QED) is 0.262. The molecule has 0 amide bonds. The Bertz CT molecular complexity index is 619. The van der Waals surface area contributed by atoms with Gasteiger partial charge >= 0.3 is 0 Å². The van der Waals surface area contributed by atoms with E-state index >= 15 is 0 Å². The van der Waals surface area contributed by atoms with Crippen molar-refractivity contribution in [1.82, 2.24) is 30.3 Å². The third kappa shape index (κ3) is 6.88. The summed E-state index contributed by atoms with van der Waals surface area (Å²) in [6.07, 6.45) is 13.3. The average molecular weight is 422 g/mol. The van der Waals surface area contributed by atoms with Crippen LogP contribution in [0.4, 0.5) is 0 Å². The fraction of sp³-hybridized carbons (Fsp3) is 0.857. The molecule has 164 valence electrons. The van der Waals surface area contributed by atoms with E-state index in [0.717, 1.165) is 56.0 Å². The summed E-state index contributed by atoms with van der Waals surface area (Å²) in [6, 6.07) is 0.597. The van der Waals surface area contributed by atoms with Gasteiger partial charge in [-0.2, -0.15) is 0 Å². The lowest BCUT2D eigenvalue weighted by Crippen LogP contribution is -2.42. The number of hydrogen-bond acceptors (Lipinski definition) is 5. The van der Waals surface area contributed by atoms with Crippen molar-refractivity contribution in [1.29, 1.82) is 0 Å². The number of aliphatic imine (C=N–C) groups is 1. The minimum atomic E-state index is 0.597. The number of aromatic nitrogens is 3. The summed E-state index contributed by atoms with van der Waals surface area (Å²) in [5, 5.41) is 16.9. The number of nitrogens with zero attached hydrogens (tertiary/aromatic N) is 5. The van der Waals surface area contributed by atoms with Gasteiger partial charge in [0.25, 0.3) is 0 Å². The van der Waals surface area contributed by atoms with Crippen molar-refractivity contribution in [3.63, 3.8) is 0 Å². The van der Waals surface area contributed by atoms with E-state index in [2.05, 4.69) is 43.5 Å². The molecule has 3 rings (SSSR count). The molecule has 2 heterocycles. The van der Waals surface area contributed by atoms with Crippen LogP contribution in [0, 0.1) is 0 Å². The summed E-state index contributed by atoms with van der Waals surface area (Å²) >= 11 is 1.71. The van der Waals surface area contributed by atoms with Crippen molar-refractivity contribution in [3.8, 4) is 0 Å². The zero-order chi connectivity index (χ0) is 20.3. The van der Waals surface area contributed by atoms with Crippen molar-refractivity contribution >= 4 is 17.7 Å². The molecule has 1 aliphatic carbocycles. The summed E-state index contributed by atoms with van der Waals surface area (Å²) in [4.78, 5) is 7.33. The topological polar surface area (TPSA) is 70.4 Å². The van der Waals surface area contributed by atoms with Crippen LogP contribution in [-0.4, -0.2) is 71.1 Å². The molecule has 2 aliphatic rings. The van der Waals surface area contributed by atoms with Crippen molar-refractivity contribution in [2.45, 2.75) is 75.9 Å². The molecule has 0 spiro atoms. The van der Waals surface area contributed by atoms with Crippen LogP contribution in [-0.2, 0) is 6.42 Å². The van der Waals surface area contributed by atoms with Crippen LogP contribution in [0.1, 0.15) is 70.2 Å². The Hall–Kier alpha value is -1.28. The van der Waals surface area contributed by atoms with Crippen LogP contribution < -0.4 is 10.6 Å². The third-order valence-corrected chi connectivity index (χ3v) is 6.59. The molecule has 7 nitrogen and oxygen atoms in total. The lowest BCUT2D eigenvalue weighted by Gasteiger charge is -2.26. The predicted molar refractivity (Wildman–Crippen MR) is 122 cm³/mol. The minimum absolute atomic E-state index is 0.597. The molecule has 2 N–H and O–H groups in total. The van der Waals surface area contributed by atoms with Crippen LogP contribution in [0.5, 0.6) is 0 Å². The van der Waals surface area contributed by atoms with Gasteiger partial charge in [0.15, 0.2) is 11.1 Å². The van der Waals surface area contributed by atoms with Gasteiger partial charge in [-0.25, -0.2) is 0 Å². The first-order chi connectivity index (χ1) is 14.3. The molecular formula is C21H39N7S. The van der Waals surface area contributed by atoms with Gasteiger partial charge in [0.1, 0.15) is 5.82 Å². The van der Waals surface area contributed by atoms with Crippen molar-refractivity contribution < 1.29 is 0 Å². The first-order valence-corrected chi connectivity index (χ1v) is 12.8. The molecule has 1 aromatic heterocycles. The number of rotatable bonds is 10. The van der Waals surface area contributed by atoms with Crippen molar-refractivity contribution in [2.75, 3.05) is 45.5 Å². The van der Waals surface area contributed by atoms with Crippen LogP contribution in [0.2, 0.25) is 0 Å². The van der Waals surface area contributed by atoms with Gasteiger partial charge in [0.2, 0.25) is 0 Å². The lowest BCUT2D eigenvalue weighted by atomic mass is 10.1. The summed E-state index contributed by atoms with van der Waals surface area (Å²) in [5.74, 6) is 2.08. The molecule has 0 aromatic carbocycles. The van der Waals surface area contributed by atoms with E-state index in [-0.39, 0.29) is 0 Å². The Balaban J connectivity index is 1.45. The first-order valence-electron chi connectivity index (χ1n) is 11.5. The summed E-state index contributed by atoms with van der Waals surface area (Å²) < 4.78 is 2.41. The zero-order valence-corrected chi connectivity index (χ0v) is 19.1. The number of guanidine groups is 1. The largest absolute Gasteiger partial charge is 0.357 e. The molecule has 0 radical (unpaired) electrons. The normalized spacial score (nSPS) is 19.0. The standard InChI is InChI=1S/C21H39N7S/c1-3-22-20(24-14-17-27-15-7-4-8-16-27)23-13-9-12-19-25-26-21(29-2)28(19)18-10-5-6-11-18/h18H,3-17H2,1-2H3,(H2,22,23,24). The van der Waals surface area contributed by atoms with Crippen LogP contribution >= 0.6 is 11.8 Å². The minimum Gasteiger partial charge on any atom is -0.357 e. The number of thioether (sulfide) groups is 1. The van der Waals surface area contributed by atoms with Crippen LogP contribution in [0.3, 0.4) is 0 Å². The number of hydrogen-bond donors (Lipinski definition) is 2. The second kappa shape index (κ2) is 12.4. The number of aryl methyl sites for hydroxylation is 1. The Kier molecular flexibility index (Phi) is 9.60. The summed E-state index contributed by atoms with van der Waals surface area (Å²) in [7, 11) is 0. The van der Waals surface area contributed by atoms with Gasteiger partial charge in [-0.3, -0.25) is 4.99 Å². The van der Waals surface area contributed by atoms with E-state index in [1.54, 1.807) is 11.8 Å². The summed E-state index contributed by atoms with van der Waals surface area (Å²) in [5.41, 5.74) is 0. The Morgan fingerprint density at radius 2 is 1.90 bits per heavy atom. The number of nitrogens with one attached hydrogen (secondary N) is 2. The number of likely N-dealkylation sites (tertiary alicyclic amines) is 1. The molecule has 29 heavy (non-hydrogen) atoms. The van der Waals surface area contributed by atoms with Gasteiger partial charge in [-0.15, -0.1) is 10.2 Å². The van der Waals surface area contributed by atoms with E-state index in [4.69, 9.17) is 4.99 Å². The SMILES string of the molecule is CCNC(=NCCCc1nnc(SC)n1C1CCCC1)NCCN1CCCCC1. The fourth-order valence-electron chi connectivity index (χ4n) is 4.43. The highest BCUT2D eigenvalue weighted by atomic mass is 32.2. The Labute approximate surface area is 180 Å². The van der Waals surface area contributed by atoms with Gasteiger partial charge in [0, 0.05) is 38.6 Å². The highest BCUT2D eigenvalue weighted by Gasteiger charge is 2.23. The zero-order valence-electron chi connectivity index (χ0n) is 18.3. The van der Waals surface area contributed by atoms with Crippen molar-refractivity contribution in [2.24, 2.45) is 4.99 Å². The highest BCUT2D eigenvalue weighted by Crippen LogP contribution is 2.33. The Morgan fingerprint density at radius 3 is 2.62 bits per heavy atom. The second-order valence-corrected chi connectivity index (χ2v) is 8.88. The molecule has 8 heteroatoms. The van der Waals surface area contributed by atoms with E-state index < -0.39 is 0 Å². The van der Waals surface area contributed by atoms with Crippen LogP contribution in [0.25, 0.3) is 0 Å². The maximum Gasteiger partial charge on any atom is 0.191 e. The molecule has 1 saturated carbocycles. The molecule has 0 bridgehead atoms. The monoisotopic (exact) mass is 421 g/mol. The number of piperidine rings is 1. The maximum atomic E-state index is 4.78. The van der Waals surface area contributed by atoms with E-state index in [1.807, 2.05) is 0 Å². The Morgan fingerprint density at radius 1 is 1.10 bits per heavy atom. The average Bonchev–Trinajstić information content (AvgIpc) is 3.41. The molecular weight excluding hydrogens is 382 g/mol. The first kappa shape index (κ1) is 22.4. The smallest absolute Gasteiger partial charge is 0.191 e. The fourth-order valence-corrected chi connectivity index (χ4v) is 5.01. The van der Waals surface area contributed by atoms with Gasteiger partial charge in [-0.1, -0.05) is 31.0 Å². The molecule has 2 fully saturated rings. The summed E-state index contributed by atoms with van der Waals surface area (Å²) in [6.45, 7) is 8.37. The van der Waals surface area contributed by atoms with Gasteiger partial charge in [-0.05, 0) is 58.4 Å². The molecule has 1 aliphatic heterocycles. The van der Waals surface area contributed by atoms with Gasteiger partial charge in [0.05, 0.1) is 0 Å². The molecule has 1 saturated heterocycles. The lowest BCUT2D eigenvalue weighted by molar-refractivity contribution is 0.232.